The first kappa shape index (κ1) is 20.4. The molecule has 2 aromatic rings. The molecular formula is C22H31N5OS. The Labute approximate surface area is 177 Å². The summed E-state index contributed by atoms with van der Waals surface area (Å²) >= 11 is 1.40. The van der Waals surface area contributed by atoms with Gasteiger partial charge in [-0.25, -0.2) is 0 Å². The zero-order valence-corrected chi connectivity index (χ0v) is 18.3. The van der Waals surface area contributed by atoms with Crippen molar-refractivity contribution in [2.75, 3.05) is 45.8 Å². The smallest absolute Gasteiger partial charge is 0.236 e. The fourth-order valence-electron chi connectivity index (χ4n) is 4.45. The minimum atomic E-state index is 0.262. The van der Waals surface area contributed by atoms with Crippen LogP contribution in [0.25, 0.3) is 0 Å². The van der Waals surface area contributed by atoms with Crippen LogP contribution < -0.4 is 0 Å². The van der Waals surface area contributed by atoms with Gasteiger partial charge >= 0.3 is 0 Å². The van der Waals surface area contributed by atoms with Crippen LogP contribution in [0.2, 0.25) is 0 Å². The van der Waals surface area contributed by atoms with Gasteiger partial charge in [0.2, 0.25) is 5.91 Å². The van der Waals surface area contributed by atoms with E-state index >= 15 is 0 Å². The Morgan fingerprint density at radius 3 is 2.62 bits per heavy atom. The molecule has 0 bridgehead atoms. The molecule has 4 rings (SSSR count). The molecule has 2 aliphatic rings. The van der Waals surface area contributed by atoms with Crippen LogP contribution in [0.5, 0.6) is 0 Å². The lowest BCUT2D eigenvalue weighted by atomic mass is 9.95. The molecule has 1 aromatic heterocycles. The second-order valence-electron chi connectivity index (χ2n) is 8.41. The highest BCUT2D eigenvalue weighted by atomic mass is 32.1. The van der Waals surface area contributed by atoms with E-state index in [4.69, 9.17) is 0 Å². The SMILES string of the molecule is Cc1ccc([C@H](C)N2CCN(CC(=O)N3CCC[C@H](c4csnn4)C3)CC2)cc1. The number of piperazine rings is 1. The minimum absolute atomic E-state index is 0.262. The van der Waals surface area contributed by atoms with Crippen molar-refractivity contribution in [2.24, 2.45) is 0 Å². The van der Waals surface area contributed by atoms with Crippen LogP contribution in [0.4, 0.5) is 0 Å². The Balaban J connectivity index is 1.26. The Kier molecular flexibility index (Phi) is 6.57. The van der Waals surface area contributed by atoms with E-state index in [1.807, 2.05) is 10.3 Å². The number of likely N-dealkylation sites (tertiary alicyclic amines) is 1. The maximum Gasteiger partial charge on any atom is 0.236 e. The summed E-state index contributed by atoms with van der Waals surface area (Å²) in [6, 6.07) is 9.27. The van der Waals surface area contributed by atoms with Gasteiger partial charge in [-0.15, -0.1) is 5.10 Å². The molecule has 2 aliphatic heterocycles. The van der Waals surface area contributed by atoms with Crippen molar-refractivity contribution in [3.05, 3.63) is 46.5 Å². The summed E-state index contributed by atoms with van der Waals surface area (Å²) in [7, 11) is 0. The van der Waals surface area contributed by atoms with Crippen LogP contribution in [0.15, 0.2) is 29.6 Å². The Morgan fingerprint density at radius 1 is 1.17 bits per heavy atom. The summed E-state index contributed by atoms with van der Waals surface area (Å²) in [5, 5.41) is 6.24. The number of aromatic nitrogens is 2. The molecule has 0 N–H and O–H groups in total. The molecule has 2 atom stereocenters. The van der Waals surface area contributed by atoms with Crippen LogP contribution in [0.1, 0.15) is 48.5 Å². The Bertz CT molecular complexity index is 786. The molecule has 156 valence electrons. The average molecular weight is 414 g/mol. The summed E-state index contributed by atoms with van der Waals surface area (Å²) in [5.41, 5.74) is 3.72. The van der Waals surface area contributed by atoms with E-state index in [1.165, 1.54) is 22.7 Å². The van der Waals surface area contributed by atoms with Gasteiger partial charge in [-0.1, -0.05) is 34.3 Å². The van der Waals surface area contributed by atoms with E-state index in [2.05, 4.69) is 57.5 Å². The van der Waals surface area contributed by atoms with Gasteiger partial charge in [0.25, 0.3) is 0 Å². The van der Waals surface area contributed by atoms with Gasteiger partial charge in [0.05, 0.1) is 12.2 Å². The van der Waals surface area contributed by atoms with Crippen molar-refractivity contribution in [2.45, 2.75) is 38.6 Å². The van der Waals surface area contributed by atoms with Crippen molar-refractivity contribution in [3.63, 3.8) is 0 Å². The molecule has 0 saturated carbocycles. The van der Waals surface area contributed by atoms with Crippen molar-refractivity contribution >= 4 is 17.4 Å². The monoisotopic (exact) mass is 413 g/mol. The predicted octanol–water partition coefficient (Wildman–Crippen LogP) is 2.93. The molecule has 1 amide bonds. The number of benzene rings is 1. The summed E-state index contributed by atoms with van der Waals surface area (Å²) in [6.45, 7) is 10.5. The number of hydrogen-bond donors (Lipinski definition) is 0. The molecular weight excluding hydrogens is 382 g/mol. The maximum absolute atomic E-state index is 12.9. The van der Waals surface area contributed by atoms with Crippen LogP contribution in [0.3, 0.4) is 0 Å². The van der Waals surface area contributed by atoms with Crippen LogP contribution in [0, 0.1) is 6.92 Å². The van der Waals surface area contributed by atoms with Crippen LogP contribution in [-0.2, 0) is 4.79 Å². The summed E-state index contributed by atoms with van der Waals surface area (Å²) < 4.78 is 3.98. The first-order chi connectivity index (χ1) is 14.1. The molecule has 2 saturated heterocycles. The first-order valence-corrected chi connectivity index (χ1v) is 11.5. The molecule has 0 aliphatic carbocycles. The van der Waals surface area contributed by atoms with Gasteiger partial charge in [-0.3, -0.25) is 14.6 Å². The Morgan fingerprint density at radius 2 is 1.93 bits per heavy atom. The summed E-state index contributed by atoms with van der Waals surface area (Å²) in [6.07, 6.45) is 2.15. The molecule has 1 aromatic carbocycles. The number of piperidine rings is 1. The molecule has 0 unspecified atom stereocenters. The zero-order valence-electron chi connectivity index (χ0n) is 17.5. The number of nitrogens with zero attached hydrogens (tertiary/aromatic N) is 5. The van der Waals surface area contributed by atoms with E-state index in [9.17, 15) is 4.79 Å². The number of rotatable bonds is 5. The topological polar surface area (TPSA) is 52.6 Å². The van der Waals surface area contributed by atoms with Gasteiger partial charge < -0.3 is 4.90 Å². The molecule has 0 radical (unpaired) electrons. The van der Waals surface area contributed by atoms with E-state index < -0.39 is 0 Å². The van der Waals surface area contributed by atoms with Crippen molar-refractivity contribution in [1.82, 2.24) is 24.3 Å². The standard InChI is InChI=1S/C22H31N5OS/c1-17-5-7-19(8-6-17)18(2)26-12-10-25(11-13-26)15-22(28)27-9-3-4-20(14-27)21-16-29-24-23-21/h5-8,16,18,20H,3-4,9-15H2,1-2H3/t18-,20-/m0/s1. The number of carbonyl (C=O) groups is 1. The fourth-order valence-corrected chi connectivity index (χ4v) is 4.99. The molecule has 0 spiro atoms. The van der Waals surface area contributed by atoms with Gasteiger partial charge in [0.1, 0.15) is 0 Å². The van der Waals surface area contributed by atoms with Crippen LogP contribution in [-0.4, -0.2) is 76.0 Å². The second kappa shape index (κ2) is 9.32. The van der Waals surface area contributed by atoms with Gasteiger partial charge in [-0.2, -0.15) is 0 Å². The summed E-state index contributed by atoms with van der Waals surface area (Å²) in [5.74, 6) is 0.608. The number of carbonyl (C=O) groups excluding carboxylic acids is 1. The highest BCUT2D eigenvalue weighted by Gasteiger charge is 2.28. The van der Waals surface area contributed by atoms with E-state index in [1.54, 1.807) is 0 Å². The Hall–Kier alpha value is -1.83. The van der Waals surface area contributed by atoms with Crippen LogP contribution >= 0.6 is 11.5 Å². The van der Waals surface area contributed by atoms with Crippen molar-refractivity contribution in [1.29, 1.82) is 0 Å². The minimum Gasteiger partial charge on any atom is -0.341 e. The fraction of sp³-hybridized carbons (Fsp3) is 0.591. The average Bonchev–Trinajstić information content (AvgIpc) is 3.29. The second-order valence-corrected chi connectivity index (χ2v) is 9.02. The third-order valence-corrected chi connectivity index (χ3v) is 6.97. The van der Waals surface area contributed by atoms with E-state index in [-0.39, 0.29) is 5.91 Å². The number of aryl methyl sites for hydroxylation is 1. The van der Waals surface area contributed by atoms with Gasteiger partial charge in [-0.05, 0) is 43.8 Å². The van der Waals surface area contributed by atoms with E-state index in [0.29, 0.717) is 18.5 Å². The lowest BCUT2D eigenvalue weighted by molar-refractivity contribution is -0.134. The summed E-state index contributed by atoms with van der Waals surface area (Å²) in [4.78, 5) is 19.8. The zero-order chi connectivity index (χ0) is 20.2. The predicted molar refractivity (Wildman–Crippen MR) is 116 cm³/mol. The lowest BCUT2D eigenvalue weighted by Gasteiger charge is -2.39. The highest BCUT2D eigenvalue weighted by molar-refractivity contribution is 7.03. The van der Waals surface area contributed by atoms with Gasteiger partial charge in [0, 0.05) is 56.6 Å². The lowest BCUT2D eigenvalue weighted by Crippen LogP contribution is -2.51. The first-order valence-electron chi connectivity index (χ1n) is 10.7. The molecule has 6 nitrogen and oxygen atoms in total. The normalized spacial score (nSPS) is 22.6. The number of hydrogen-bond acceptors (Lipinski definition) is 6. The molecule has 7 heteroatoms. The quantitative estimate of drug-likeness (QED) is 0.754. The molecule has 29 heavy (non-hydrogen) atoms. The third-order valence-electron chi connectivity index (χ3n) is 6.44. The van der Waals surface area contributed by atoms with Crippen molar-refractivity contribution in [3.8, 4) is 0 Å². The highest BCUT2D eigenvalue weighted by Crippen LogP contribution is 2.26. The van der Waals surface area contributed by atoms with Crippen molar-refractivity contribution < 1.29 is 4.79 Å². The molecule has 2 fully saturated rings. The number of amides is 1. The van der Waals surface area contributed by atoms with Gasteiger partial charge in [0.15, 0.2) is 0 Å². The largest absolute Gasteiger partial charge is 0.341 e. The third kappa shape index (κ3) is 5.02. The molecule has 3 heterocycles. The maximum atomic E-state index is 12.9. The van der Waals surface area contributed by atoms with E-state index in [0.717, 1.165) is 57.8 Å².